The van der Waals surface area contributed by atoms with Crippen molar-refractivity contribution in [1.29, 1.82) is 0 Å². The molecule has 1 atom stereocenters. The van der Waals surface area contributed by atoms with Crippen LogP contribution in [-0.4, -0.2) is 44.8 Å². The second-order valence-corrected chi connectivity index (χ2v) is 12.0. The molecule has 0 spiro atoms. The van der Waals surface area contributed by atoms with Gasteiger partial charge in [-0.05, 0) is 47.5 Å². The summed E-state index contributed by atoms with van der Waals surface area (Å²) in [6.45, 7) is -0.704. The van der Waals surface area contributed by atoms with Gasteiger partial charge in [0.15, 0.2) is 0 Å². The molecule has 0 fully saturated rings. The lowest BCUT2D eigenvalue weighted by atomic mass is 10.0. The fourth-order valence-electron chi connectivity index (χ4n) is 4.39. The van der Waals surface area contributed by atoms with E-state index in [2.05, 4.69) is 21.2 Å². The molecule has 0 saturated carbocycles. The Morgan fingerprint density at radius 3 is 2.02 bits per heavy atom. The number of carbonyl (C=O) groups is 2. The van der Waals surface area contributed by atoms with E-state index in [1.165, 1.54) is 42.3 Å². The minimum Gasteiger partial charge on any atom is -0.357 e. The minimum atomic E-state index is -4.35. The van der Waals surface area contributed by atoms with Gasteiger partial charge in [0.25, 0.3) is 10.0 Å². The molecule has 0 aliphatic rings. The number of anilines is 1. The number of hydrogen-bond donors (Lipinski definition) is 1. The lowest BCUT2D eigenvalue weighted by molar-refractivity contribution is -0.139. The molecule has 0 bridgehead atoms. The van der Waals surface area contributed by atoms with Crippen LogP contribution in [0, 0.1) is 5.82 Å². The Kier molecular flexibility index (Phi) is 9.91. The number of amides is 2. The van der Waals surface area contributed by atoms with Gasteiger partial charge in [0.05, 0.1) is 10.6 Å². The van der Waals surface area contributed by atoms with Crippen LogP contribution in [0.4, 0.5) is 10.1 Å². The summed E-state index contributed by atoms with van der Waals surface area (Å²) >= 11 is 3.40. The number of benzene rings is 4. The standard InChI is InChI=1S/C31H29BrFN3O4S/c1-34-31(38)29(20-23-10-4-2-5-11-23)35(21-24-16-18-25(32)19-17-24)30(37)22-36(28-15-9-8-14-27(28)33)41(39,40)26-12-6-3-7-13-26/h2-19,29H,20-22H2,1H3,(H,34,38)/t29-/m0/s1. The zero-order valence-electron chi connectivity index (χ0n) is 22.3. The Morgan fingerprint density at radius 2 is 1.41 bits per heavy atom. The summed E-state index contributed by atoms with van der Waals surface area (Å²) in [5, 5.41) is 2.63. The van der Waals surface area contributed by atoms with Crippen molar-refractivity contribution in [3.8, 4) is 0 Å². The molecule has 0 radical (unpaired) electrons. The smallest absolute Gasteiger partial charge is 0.264 e. The first-order valence-corrected chi connectivity index (χ1v) is 15.1. The summed E-state index contributed by atoms with van der Waals surface area (Å²) in [7, 11) is -2.87. The predicted octanol–water partition coefficient (Wildman–Crippen LogP) is 5.17. The highest BCUT2D eigenvalue weighted by atomic mass is 79.9. The zero-order chi connectivity index (χ0) is 29.4. The fraction of sp³-hybridized carbons (Fsp3) is 0.161. The van der Waals surface area contributed by atoms with E-state index in [4.69, 9.17) is 0 Å². The van der Waals surface area contributed by atoms with Gasteiger partial charge in [-0.1, -0.05) is 88.7 Å². The van der Waals surface area contributed by atoms with E-state index in [1.54, 1.807) is 18.2 Å². The fourth-order valence-corrected chi connectivity index (χ4v) is 6.10. The highest BCUT2D eigenvalue weighted by molar-refractivity contribution is 9.10. The number of hydrogen-bond acceptors (Lipinski definition) is 4. The average Bonchev–Trinajstić information content (AvgIpc) is 2.99. The van der Waals surface area contributed by atoms with Gasteiger partial charge in [-0.15, -0.1) is 0 Å². The molecule has 10 heteroatoms. The van der Waals surface area contributed by atoms with Crippen molar-refractivity contribution >= 4 is 43.5 Å². The number of rotatable bonds is 11. The number of nitrogens with zero attached hydrogens (tertiary/aromatic N) is 2. The maximum Gasteiger partial charge on any atom is 0.264 e. The van der Waals surface area contributed by atoms with Crippen molar-refractivity contribution in [1.82, 2.24) is 10.2 Å². The van der Waals surface area contributed by atoms with Gasteiger partial charge in [0.1, 0.15) is 18.4 Å². The zero-order valence-corrected chi connectivity index (χ0v) is 24.7. The first-order chi connectivity index (χ1) is 19.7. The summed E-state index contributed by atoms with van der Waals surface area (Å²) in [5.41, 5.74) is 1.28. The van der Waals surface area contributed by atoms with Crippen LogP contribution in [0.3, 0.4) is 0 Å². The van der Waals surface area contributed by atoms with E-state index in [0.29, 0.717) is 0 Å². The van der Waals surface area contributed by atoms with Gasteiger partial charge in [-0.25, -0.2) is 12.8 Å². The first-order valence-electron chi connectivity index (χ1n) is 12.8. The summed E-state index contributed by atoms with van der Waals surface area (Å²) in [6, 6.07) is 28.4. The quantitative estimate of drug-likeness (QED) is 0.246. The lowest BCUT2D eigenvalue weighted by Gasteiger charge is -2.33. The monoisotopic (exact) mass is 637 g/mol. The Morgan fingerprint density at radius 1 is 0.829 bits per heavy atom. The van der Waals surface area contributed by atoms with Crippen LogP contribution < -0.4 is 9.62 Å². The van der Waals surface area contributed by atoms with E-state index in [1.807, 2.05) is 54.6 Å². The van der Waals surface area contributed by atoms with Crippen LogP contribution >= 0.6 is 15.9 Å². The Hall–Kier alpha value is -4.02. The van der Waals surface area contributed by atoms with Crippen LogP contribution in [0.15, 0.2) is 119 Å². The molecule has 0 aliphatic heterocycles. The van der Waals surface area contributed by atoms with Gasteiger partial charge in [-0.2, -0.15) is 0 Å². The van der Waals surface area contributed by atoms with E-state index in [-0.39, 0.29) is 23.5 Å². The number of halogens is 2. The van der Waals surface area contributed by atoms with E-state index in [9.17, 15) is 18.0 Å². The molecule has 0 aliphatic carbocycles. The van der Waals surface area contributed by atoms with Crippen molar-refractivity contribution in [2.24, 2.45) is 0 Å². The van der Waals surface area contributed by atoms with E-state index < -0.39 is 40.2 Å². The molecule has 4 rings (SSSR count). The van der Waals surface area contributed by atoms with Crippen LogP contribution in [0.1, 0.15) is 11.1 Å². The van der Waals surface area contributed by atoms with Crippen molar-refractivity contribution in [3.05, 3.63) is 131 Å². The summed E-state index contributed by atoms with van der Waals surface area (Å²) in [6.07, 6.45) is 0.188. The van der Waals surface area contributed by atoms with Crippen molar-refractivity contribution < 1.29 is 22.4 Å². The molecule has 0 heterocycles. The summed E-state index contributed by atoms with van der Waals surface area (Å²) < 4.78 is 44.2. The Bertz CT molecular complexity index is 1590. The van der Waals surface area contributed by atoms with Gasteiger partial charge in [0, 0.05) is 24.5 Å². The maximum atomic E-state index is 15.1. The lowest BCUT2D eigenvalue weighted by Crippen LogP contribution is -2.53. The number of likely N-dealkylation sites (N-methyl/N-ethyl adjacent to an activating group) is 1. The normalized spacial score (nSPS) is 11.9. The number of para-hydroxylation sites is 1. The molecule has 41 heavy (non-hydrogen) atoms. The largest absolute Gasteiger partial charge is 0.357 e. The van der Waals surface area contributed by atoms with E-state index >= 15 is 4.39 Å². The third-order valence-electron chi connectivity index (χ3n) is 6.51. The second-order valence-electron chi connectivity index (χ2n) is 9.24. The maximum absolute atomic E-state index is 15.1. The molecule has 4 aromatic rings. The van der Waals surface area contributed by atoms with Gasteiger partial charge in [-0.3, -0.25) is 13.9 Å². The number of nitrogens with one attached hydrogen (secondary N) is 1. The van der Waals surface area contributed by atoms with Gasteiger partial charge < -0.3 is 10.2 Å². The number of carbonyl (C=O) groups excluding carboxylic acids is 2. The highest BCUT2D eigenvalue weighted by Gasteiger charge is 2.35. The number of sulfonamides is 1. The van der Waals surface area contributed by atoms with Crippen LogP contribution in [0.5, 0.6) is 0 Å². The van der Waals surface area contributed by atoms with Crippen molar-refractivity contribution in [2.75, 3.05) is 17.9 Å². The molecule has 7 nitrogen and oxygen atoms in total. The highest BCUT2D eigenvalue weighted by Crippen LogP contribution is 2.27. The average molecular weight is 639 g/mol. The van der Waals surface area contributed by atoms with Crippen molar-refractivity contribution in [2.45, 2.75) is 23.9 Å². The molecule has 2 amide bonds. The van der Waals surface area contributed by atoms with Crippen LogP contribution in [-0.2, 0) is 32.6 Å². The summed E-state index contributed by atoms with van der Waals surface area (Å²) in [5.74, 6) is -1.88. The molecule has 4 aromatic carbocycles. The summed E-state index contributed by atoms with van der Waals surface area (Å²) in [4.78, 5) is 28.6. The first kappa shape index (κ1) is 30.0. The molecular formula is C31H29BrFN3O4S. The molecule has 212 valence electrons. The van der Waals surface area contributed by atoms with Crippen LogP contribution in [0.2, 0.25) is 0 Å². The van der Waals surface area contributed by atoms with Crippen LogP contribution in [0.25, 0.3) is 0 Å². The molecule has 0 saturated heterocycles. The molecular weight excluding hydrogens is 609 g/mol. The van der Waals surface area contributed by atoms with Crippen molar-refractivity contribution in [3.63, 3.8) is 0 Å². The molecule has 0 unspecified atom stereocenters. The second kappa shape index (κ2) is 13.6. The Labute approximate surface area is 247 Å². The third-order valence-corrected chi connectivity index (χ3v) is 8.82. The van der Waals surface area contributed by atoms with E-state index in [0.717, 1.165) is 26.0 Å². The third kappa shape index (κ3) is 7.39. The van der Waals surface area contributed by atoms with Gasteiger partial charge >= 0.3 is 0 Å². The minimum absolute atomic E-state index is 0.0214. The Balaban J connectivity index is 1.78. The predicted molar refractivity (Wildman–Crippen MR) is 160 cm³/mol. The molecule has 1 N–H and O–H groups in total. The molecule has 0 aromatic heterocycles. The topological polar surface area (TPSA) is 86.8 Å². The van der Waals surface area contributed by atoms with Gasteiger partial charge in [0.2, 0.25) is 11.8 Å². The SMILES string of the molecule is CNC(=O)[C@H](Cc1ccccc1)N(Cc1ccc(Br)cc1)C(=O)CN(c1ccccc1F)S(=O)(=O)c1ccccc1.